The maximum Gasteiger partial charge on any atom is 0.281 e. The van der Waals surface area contributed by atoms with Crippen molar-refractivity contribution in [1.29, 1.82) is 0 Å². The van der Waals surface area contributed by atoms with Gasteiger partial charge in [0.1, 0.15) is 18.1 Å². The second-order valence-corrected chi connectivity index (χ2v) is 9.27. The summed E-state index contributed by atoms with van der Waals surface area (Å²) < 4.78 is 7.14. The highest BCUT2D eigenvalue weighted by atomic mass is 79.9. The predicted octanol–water partition coefficient (Wildman–Crippen LogP) is 7.52. The van der Waals surface area contributed by atoms with Crippen LogP contribution in [0.4, 0.5) is 5.69 Å². The Morgan fingerprint density at radius 3 is 2.29 bits per heavy atom. The molecule has 0 saturated heterocycles. The van der Waals surface area contributed by atoms with E-state index in [0.29, 0.717) is 39.9 Å². The first-order chi connectivity index (χ1) is 17.1. The first-order valence-electron chi connectivity index (χ1n) is 11.0. The molecule has 35 heavy (non-hydrogen) atoms. The van der Waals surface area contributed by atoms with Gasteiger partial charge in [0.25, 0.3) is 5.91 Å². The molecule has 0 N–H and O–H groups in total. The van der Waals surface area contributed by atoms with Crippen molar-refractivity contribution in [3.63, 3.8) is 0 Å². The molecular formula is C29H20BrClN2O2. The van der Waals surface area contributed by atoms with Crippen molar-refractivity contribution in [3.8, 4) is 5.75 Å². The Labute approximate surface area is 217 Å². The van der Waals surface area contributed by atoms with Gasteiger partial charge in [0.05, 0.1) is 11.3 Å². The van der Waals surface area contributed by atoms with Crippen LogP contribution in [-0.4, -0.2) is 11.6 Å². The minimum absolute atomic E-state index is 0.214. The Kier molecular flexibility index (Phi) is 6.80. The van der Waals surface area contributed by atoms with E-state index in [1.165, 1.54) is 5.01 Å². The Morgan fingerprint density at radius 1 is 0.886 bits per heavy atom. The number of anilines is 1. The van der Waals surface area contributed by atoms with E-state index in [4.69, 9.17) is 21.4 Å². The molecule has 1 aliphatic rings. The predicted molar refractivity (Wildman–Crippen MR) is 145 cm³/mol. The van der Waals surface area contributed by atoms with E-state index in [-0.39, 0.29) is 5.91 Å². The summed E-state index contributed by atoms with van der Waals surface area (Å²) in [5.41, 5.74) is 4.35. The lowest BCUT2D eigenvalue weighted by atomic mass is 10.00. The van der Waals surface area contributed by atoms with Crippen LogP contribution in [0.3, 0.4) is 0 Å². The van der Waals surface area contributed by atoms with Crippen molar-refractivity contribution in [3.05, 3.63) is 135 Å². The molecule has 5 rings (SSSR count). The molecule has 1 heterocycles. The second-order valence-electron chi connectivity index (χ2n) is 7.92. The van der Waals surface area contributed by atoms with Crippen LogP contribution in [0.5, 0.6) is 5.75 Å². The third-order valence-corrected chi connectivity index (χ3v) is 6.27. The molecule has 0 atom stereocenters. The largest absolute Gasteiger partial charge is 0.488 e. The number of rotatable bonds is 6. The van der Waals surface area contributed by atoms with Crippen molar-refractivity contribution < 1.29 is 9.53 Å². The van der Waals surface area contributed by atoms with Gasteiger partial charge in [-0.25, -0.2) is 0 Å². The van der Waals surface area contributed by atoms with Gasteiger partial charge in [-0.15, -0.1) is 0 Å². The number of para-hydroxylation sites is 1. The Hall–Kier alpha value is -3.67. The zero-order valence-corrected chi connectivity index (χ0v) is 20.9. The molecule has 1 aliphatic heterocycles. The molecule has 4 aromatic carbocycles. The fourth-order valence-electron chi connectivity index (χ4n) is 3.76. The molecule has 1 amide bonds. The zero-order chi connectivity index (χ0) is 24.2. The molecule has 172 valence electrons. The summed E-state index contributed by atoms with van der Waals surface area (Å²) in [6.45, 7) is 0.384. The number of amides is 1. The van der Waals surface area contributed by atoms with E-state index < -0.39 is 0 Å². The molecule has 0 fully saturated rings. The lowest BCUT2D eigenvalue weighted by Crippen LogP contribution is -2.21. The number of halogens is 2. The summed E-state index contributed by atoms with van der Waals surface area (Å²) >= 11 is 9.79. The van der Waals surface area contributed by atoms with Gasteiger partial charge < -0.3 is 4.74 Å². The molecule has 0 unspecified atom stereocenters. The van der Waals surface area contributed by atoms with Crippen LogP contribution in [-0.2, 0) is 11.4 Å². The SMILES string of the molecule is O=C1/C(=C\c2cc(Cl)ccc2OCc2ccc(Br)cc2)C(c2ccccc2)=NN1c1ccccc1. The number of carbonyl (C=O) groups is 1. The number of hydrazone groups is 1. The van der Waals surface area contributed by atoms with Gasteiger partial charge in [-0.3, -0.25) is 4.79 Å². The molecule has 0 spiro atoms. The summed E-state index contributed by atoms with van der Waals surface area (Å²) in [5.74, 6) is 0.414. The topological polar surface area (TPSA) is 41.9 Å². The van der Waals surface area contributed by atoms with Crippen LogP contribution in [0.15, 0.2) is 118 Å². The van der Waals surface area contributed by atoms with E-state index in [9.17, 15) is 4.79 Å². The quantitative estimate of drug-likeness (QED) is 0.236. The highest BCUT2D eigenvalue weighted by Gasteiger charge is 2.32. The lowest BCUT2D eigenvalue weighted by Gasteiger charge is -2.12. The molecule has 0 aliphatic carbocycles. The standard InChI is InChI=1S/C29H20BrClN2O2/c30-23-13-11-20(12-14-23)19-35-27-16-15-24(31)17-22(27)18-26-28(21-7-3-1-4-8-21)32-33(29(26)34)25-9-5-2-6-10-25/h1-18H,19H2/b26-18-. The summed E-state index contributed by atoms with van der Waals surface area (Å²) in [5, 5.41) is 6.68. The van der Waals surface area contributed by atoms with Crippen molar-refractivity contribution >= 4 is 50.9 Å². The van der Waals surface area contributed by atoms with Gasteiger partial charge >= 0.3 is 0 Å². The van der Waals surface area contributed by atoms with E-state index in [1.807, 2.05) is 91.0 Å². The van der Waals surface area contributed by atoms with Crippen LogP contribution >= 0.6 is 27.5 Å². The van der Waals surface area contributed by atoms with Gasteiger partial charge in [0, 0.05) is 20.6 Å². The number of hydrogen-bond donors (Lipinski definition) is 0. The zero-order valence-electron chi connectivity index (χ0n) is 18.6. The minimum Gasteiger partial charge on any atom is -0.488 e. The van der Waals surface area contributed by atoms with E-state index in [1.54, 1.807) is 18.2 Å². The fourth-order valence-corrected chi connectivity index (χ4v) is 4.20. The monoisotopic (exact) mass is 542 g/mol. The molecular weight excluding hydrogens is 524 g/mol. The van der Waals surface area contributed by atoms with Gasteiger partial charge in [0.15, 0.2) is 0 Å². The van der Waals surface area contributed by atoms with Crippen LogP contribution in [0.1, 0.15) is 16.7 Å². The number of benzene rings is 4. The first-order valence-corrected chi connectivity index (χ1v) is 12.2. The average Bonchev–Trinajstić information content (AvgIpc) is 3.21. The van der Waals surface area contributed by atoms with Crippen LogP contribution in [0.2, 0.25) is 5.02 Å². The maximum absolute atomic E-state index is 13.6. The average molecular weight is 544 g/mol. The van der Waals surface area contributed by atoms with E-state index >= 15 is 0 Å². The summed E-state index contributed by atoms with van der Waals surface area (Å²) in [4.78, 5) is 13.6. The van der Waals surface area contributed by atoms with Gasteiger partial charge in [-0.2, -0.15) is 10.1 Å². The van der Waals surface area contributed by atoms with Crippen molar-refractivity contribution in [2.45, 2.75) is 6.61 Å². The molecule has 0 bridgehead atoms. The smallest absolute Gasteiger partial charge is 0.281 e. The normalized spacial score (nSPS) is 14.3. The third-order valence-electron chi connectivity index (χ3n) is 5.51. The number of nitrogens with zero attached hydrogens (tertiary/aromatic N) is 2. The van der Waals surface area contributed by atoms with Crippen LogP contribution in [0.25, 0.3) is 6.08 Å². The van der Waals surface area contributed by atoms with Crippen molar-refractivity contribution in [2.75, 3.05) is 5.01 Å². The summed E-state index contributed by atoms with van der Waals surface area (Å²) in [6.07, 6.45) is 1.81. The molecule has 4 aromatic rings. The highest BCUT2D eigenvalue weighted by molar-refractivity contribution is 9.10. The Balaban J connectivity index is 1.54. The molecule has 0 aromatic heterocycles. The molecule has 4 nitrogen and oxygen atoms in total. The summed E-state index contributed by atoms with van der Waals surface area (Å²) in [6, 6.07) is 32.4. The first kappa shape index (κ1) is 23.1. The number of carbonyl (C=O) groups excluding carboxylic acids is 1. The molecule has 0 radical (unpaired) electrons. The van der Waals surface area contributed by atoms with Gasteiger partial charge in [-0.1, -0.05) is 88.2 Å². The highest BCUT2D eigenvalue weighted by Crippen LogP contribution is 2.31. The molecule has 0 saturated carbocycles. The van der Waals surface area contributed by atoms with E-state index in [2.05, 4.69) is 15.9 Å². The number of hydrogen-bond acceptors (Lipinski definition) is 3. The van der Waals surface area contributed by atoms with E-state index in [0.717, 1.165) is 15.6 Å². The van der Waals surface area contributed by atoms with Crippen LogP contribution in [0, 0.1) is 0 Å². The Bertz CT molecular complexity index is 1420. The van der Waals surface area contributed by atoms with Crippen molar-refractivity contribution in [1.82, 2.24) is 0 Å². The van der Waals surface area contributed by atoms with Crippen LogP contribution < -0.4 is 9.75 Å². The number of ether oxygens (including phenoxy) is 1. The maximum atomic E-state index is 13.6. The van der Waals surface area contributed by atoms with Gasteiger partial charge in [0.2, 0.25) is 0 Å². The fraction of sp³-hybridized carbons (Fsp3) is 0.0345. The third kappa shape index (κ3) is 5.21. The minimum atomic E-state index is -0.214. The second kappa shape index (κ2) is 10.3. The molecule has 6 heteroatoms. The van der Waals surface area contributed by atoms with Crippen molar-refractivity contribution in [2.24, 2.45) is 5.10 Å². The lowest BCUT2D eigenvalue weighted by molar-refractivity contribution is -0.114. The van der Waals surface area contributed by atoms with Gasteiger partial charge in [-0.05, 0) is 54.1 Å². The Morgan fingerprint density at radius 2 is 1.57 bits per heavy atom. The summed E-state index contributed by atoms with van der Waals surface area (Å²) in [7, 11) is 0.